The molecule has 124 valence electrons. The average molecular weight is 371 g/mol. The van der Waals surface area contributed by atoms with Crippen molar-refractivity contribution in [3.63, 3.8) is 0 Å². The average Bonchev–Trinajstić information content (AvgIpc) is 2.58. The zero-order valence-corrected chi connectivity index (χ0v) is 14.7. The summed E-state index contributed by atoms with van der Waals surface area (Å²) in [6.07, 6.45) is 0. The molecular formula is C19H12Cl2N2O2. The quantitative estimate of drug-likeness (QED) is 0.678. The van der Waals surface area contributed by atoms with E-state index in [-0.39, 0.29) is 5.56 Å². The second kappa shape index (κ2) is 7.02. The van der Waals surface area contributed by atoms with E-state index in [2.05, 4.69) is 4.98 Å². The Hall–Kier alpha value is -2.74. The number of benzene rings is 2. The van der Waals surface area contributed by atoms with Crippen molar-refractivity contribution in [3.05, 3.63) is 80.2 Å². The van der Waals surface area contributed by atoms with Crippen LogP contribution in [0.2, 0.25) is 10.0 Å². The number of nitriles is 1. The van der Waals surface area contributed by atoms with Crippen LogP contribution in [-0.2, 0) is 0 Å². The first kappa shape index (κ1) is 17.1. The Kier molecular flexibility index (Phi) is 4.80. The van der Waals surface area contributed by atoms with Crippen LogP contribution < -0.4 is 10.3 Å². The van der Waals surface area contributed by atoms with Crippen molar-refractivity contribution in [3.8, 4) is 28.7 Å². The van der Waals surface area contributed by atoms with Crippen LogP contribution in [0, 0.1) is 18.3 Å². The molecule has 0 fully saturated rings. The molecule has 1 N–H and O–H groups in total. The fourth-order valence-corrected chi connectivity index (χ4v) is 2.72. The number of ether oxygens (including phenoxy) is 1. The lowest BCUT2D eigenvalue weighted by Crippen LogP contribution is -2.12. The predicted octanol–water partition coefficient (Wildman–Crippen LogP) is 5.32. The lowest BCUT2D eigenvalue weighted by molar-refractivity contribution is 0.483. The molecule has 0 amide bonds. The third-order valence-electron chi connectivity index (χ3n) is 3.55. The van der Waals surface area contributed by atoms with Crippen LogP contribution in [0.4, 0.5) is 0 Å². The van der Waals surface area contributed by atoms with E-state index in [0.717, 1.165) is 0 Å². The molecule has 0 atom stereocenters. The van der Waals surface area contributed by atoms with Crippen LogP contribution in [0.15, 0.2) is 53.3 Å². The summed E-state index contributed by atoms with van der Waals surface area (Å²) in [7, 11) is 0. The molecule has 1 heterocycles. The minimum absolute atomic E-state index is 0.0669. The number of aromatic nitrogens is 1. The number of aromatic amines is 1. The van der Waals surface area contributed by atoms with E-state index in [0.29, 0.717) is 38.4 Å². The Labute approximate surface area is 154 Å². The third-order valence-corrected chi connectivity index (χ3v) is 4.29. The van der Waals surface area contributed by atoms with E-state index in [4.69, 9.17) is 27.9 Å². The largest absolute Gasteiger partial charge is 0.457 e. The highest BCUT2D eigenvalue weighted by molar-refractivity contribution is 6.42. The Morgan fingerprint density at radius 1 is 1.04 bits per heavy atom. The van der Waals surface area contributed by atoms with Crippen LogP contribution >= 0.6 is 23.2 Å². The molecule has 0 saturated heterocycles. The summed E-state index contributed by atoms with van der Waals surface area (Å²) in [6.45, 7) is 1.77. The smallest absolute Gasteiger partial charge is 0.266 e. The van der Waals surface area contributed by atoms with Gasteiger partial charge in [-0.3, -0.25) is 4.79 Å². The summed E-state index contributed by atoms with van der Waals surface area (Å²) >= 11 is 11.9. The van der Waals surface area contributed by atoms with E-state index in [1.54, 1.807) is 49.4 Å². The minimum Gasteiger partial charge on any atom is -0.457 e. The number of nitrogens with one attached hydrogen (secondary N) is 1. The fourth-order valence-electron chi connectivity index (χ4n) is 2.43. The summed E-state index contributed by atoms with van der Waals surface area (Å²) in [6, 6.07) is 15.8. The molecule has 1 aromatic heterocycles. The van der Waals surface area contributed by atoms with Gasteiger partial charge in [-0.05, 0) is 42.8 Å². The van der Waals surface area contributed by atoms with Crippen molar-refractivity contribution in [1.29, 1.82) is 5.26 Å². The summed E-state index contributed by atoms with van der Waals surface area (Å²) in [5.41, 5.74) is 1.60. The minimum atomic E-state index is -0.409. The normalized spacial score (nSPS) is 10.3. The van der Waals surface area contributed by atoms with Gasteiger partial charge in [0.05, 0.1) is 10.0 Å². The predicted molar refractivity (Wildman–Crippen MR) is 98.5 cm³/mol. The summed E-state index contributed by atoms with van der Waals surface area (Å²) in [5, 5.41) is 10.1. The van der Waals surface area contributed by atoms with Gasteiger partial charge in [-0.1, -0.05) is 35.3 Å². The zero-order valence-electron chi connectivity index (χ0n) is 13.1. The lowest BCUT2D eigenvalue weighted by Gasteiger charge is -2.10. The molecule has 0 unspecified atom stereocenters. The maximum Gasteiger partial charge on any atom is 0.266 e. The molecule has 2 aromatic carbocycles. The Morgan fingerprint density at radius 2 is 1.80 bits per heavy atom. The van der Waals surface area contributed by atoms with Crippen LogP contribution in [0.1, 0.15) is 11.3 Å². The number of nitrogens with zero attached hydrogens (tertiary/aromatic N) is 1. The van der Waals surface area contributed by atoms with Gasteiger partial charge < -0.3 is 9.72 Å². The summed E-state index contributed by atoms with van der Waals surface area (Å²) in [5.74, 6) is 1.09. The number of pyridine rings is 1. The number of halogens is 2. The van der Waals surface area contributed by atoms with Crippen molar-refractivity contribution >= 4 is 23.2 Å². The van der Waals surface area contributed by atoms with Gasteiger partial charge >= 0.3 is 0 Å². The number of aryl methyl sites for hydroxylation is 1. The van der Waals surface area contributed by atoms with E-state index in [9.17, 15) is 10.1 Å². The SMILES string of the molecule is Cc1cc(-c2cccc(Oc3ccc(Cl)c(Cl)c3)c2)c(C#N)c(=O)[nH]1. The Bertz CT molecular complexity index is 1050. The van der Waals surface area contributed by atoms with E-state index >= 15 is 0 Å². The summed E-state index contributed by atoms with van der Waals surface area (Å²) < 4.78 is 5.80. The van der Waals surface area contributed by atoms with Crippen LogP contribution in [0.3, 0.4) is 0 Å². The molecule has 0 aliphatic heterocycles. The van der Waals surface area contributed by atoms with Gasteiger partial charge in [-0.2, -0.15) is 5.26 Å². The molecule has 0 saturated carbocycles. The molecule has 0 bridgehead atoms. The van der Waals surface area contributed by atoms with Gasteiger partial charge in [0.1, 0.15) is 23.1 Å². The second-order valence-corrected chi connectivity index (χ2v) is 6.20. The number of hydrogen-bond acceptors (Lipinski definition) is 3. The second-order valence-electron chi connectivity index (χ2n) is 5.39. The standard InChI is InChI=1S/C19H12Cl2N2O2/c1-11-7-15(16(10-22)19(24)23-11)12-3-2-4-13(8-12)25-14-5-6-17(20)18(21)9-14/h2-9H,1H3,(H,23,24). The molecule has 6 heteroatoms. The maximum atomic E-state index is 12.0. The van der Waals surface area contributed by atoms with Crippen molar-refractivity contribution in [1.82, 2.24) is 4.98 Å². The molecule has 4 nitrogen and oxygen atoms in total. The Balaban J connectivity index is 2.02. The van der Waals surface area contributed by atoms with Gasteiger partial charge in [0.15, 0.2) is 0 Å². The van der Waals surface area contributed by atoms with Crippen LogP contribution in [0.25, 0.3) is 11.1 Å². The van der Waals surface area contributed by atoms with Gasteiger partial charge in [0, 0.05) is 17.3 Å². The molecule has 25 heavy (non-hydrogen) atoms. The fraction of sp³-hybridized carbons (Fsp3) is 0.0526. The van der Waals surface area contributed by atoms with Crippen LogP contribution in [-0.4, -0.2) is 4.98 Å². The van der Waals surface area contributed by atoms with Gasteiger partial charge in [-0.15, -0.1) is 0 Å². The number of hydrogen-bond donors (Lipinski definition) is 1. The number of H-pyrrole nitrogens is 1. The first-order valence-corrected chi connectivity index (χ1v) is 8.11. The van der Waals surface area contributed by atoms with Gasteiger partial charge in [0.2, 0.25) is 0 Å². The maximum absolute atomic E-state index is 12.0. The topological polar surface area (TPSA) is 65.9 Å². The molecule has 3 aromatic rings. The summed E-state index contributed by atoms with van der Waals surface area (Å²) in [4.78, 5) is 14.6. The van der Waals surface area contributed by atoms with Crippen molar-refractivity contribution in [2.75, 3.05) is 0 Å². The van der Waals surface area contributed by atoms with Crippen molar-refractivity contribution in [2.45, 2.75) is 6.92 Å². The third kappa shape index (κ3) is 3.69. The van der Waals surface area contributed by atoms with E-state index in [1.807, 2.05) is 12.1 Å². The number of rotatable bonds is 3. The van der Waals surface area contributed by atoms with E-state index in [1.165, 1.54) is 0 Å². The van der Waals surface area contributed by atoms with Crippen molar-refractivity contribution < 1.29 is 4.74 Å². The molecular weight excluding hydrogens is 359 g/mol. The first-order valence-electron chi connectivity index (χ1n) is 7.35. The molecule has 0 aliphatic carbocycles. The van der Waals surface area contributed by atoms with Gasteiger partial charge in [0.25, 0.3) is 5.56 Å². The monoisotopic (exact) mass is 370 g/mol. The van der Waals surface area contributed by atoms with Crippen LogP contribution in [0.5, 0.6) is 11.5 Å². The first-order chi connectivity index (χ1) is 12.0. The molecule has 0 aliphatic rings. The highest BCUT2D eigenvalue weighted by Crippen LogP contribution is 2.31. The molecule has 3 rings (SSSR count). The molecule has 0 radical (unpaired) electrons. The van der Waals surface area contributed by atoms with E-state index < -0.39 is 5.56 Å². The Morgan fingerprint density at radius 3 is 2.52 bits per heavy atom. The van der Waals surface area contributed by atoms with Crippen molar-refractivity contribution in [2.24, 2.45) is 0 Å². The lowest BCUT2D eigenvalue weighted by atomic mass is 10.0. The van der Waals surface area contributed by atoms with Gasteiger partial charge in [-0.25, -0.2) is 0 Å². The highest BCUT2D eigenvalue weighted by Gasteiger charge is 2.11. The zero-order chi connectivity index (χ0) is 18.0. The molecule has 0 spiro atoms. The highest BCUT2D eigenvalue weighted by atomic mass is 35.5.